The Morgan fingerprint density at radius 1 is 0.821 bits per heavy atom. The molecule has 28 heavy (non-hydrogen) atoms. The number of hydrogen-bond donors (Lipinski definition) is 3. The van der Waals surface area contributed by atoms with Crippen LogP contribution in [0.4, 0.5) is 16.2 Å². The fourth-order valence-electron chi connectivity index (χ4n) is 4.01. The van der Waals surface area contributed by atoms with Gasteiger partial charge in [-0.25, -0.2) is 4.79 Å². The van der Waals surface area contributed by atoms with Gasteiger partial charge in [0.1, 0.15) is 0 Å². The molecule has 3 amide bonds. The fourth-order valence-corrected chi connectivity index (χ4v) is 4.01. The smallest absolute Gasteiger partial charge is 0.321 e. The first-order chi connectivity index (χ1) is 13.5. The number of carbonyl (C=O) groups excluding carboxylic acids is 2. The van der Waals surface area contributed by atoms with Gasteiger partial charge in [0.05, 0.1) is 5.92 Å². The number of nitrogens with zero attached hydrogens (tertiary/aromatic N) is 1. The average molecular weight is 387 g/mol. The second-order valence-electron chi connectivity index (χ2n) is 7.80. The predicted octanol–water partition coefficient (Wildman–Crippen LogP) is 3.92. The number of aliphatic carboxylic acids is 1. The normalized spacial score (nSPS) is 22.8. The molecule has 1 aliphatic heterocycles. The van der Waals surface area contributed by atoms with E-state index in [0.717, 1.165) is 38.8 Å². The zero-order chi connectivity index (χ0) is 19.9. The summed E-state index contributed by atoms with van der Waals surface area (Å²) in [5, 5.41) is 14.9. The second kappa shape index (κ2) is 9.57. The number of rotatable bonds is 4. The number of carboxylic acid groups (broad SMARTS) is 1. The van der Waals surface area contributed by atoms with Crippen molar-refractivity contribution < 1.29 is 19.5 Å². The highest BCUT2D eigenvalue weighted by molar-refractivity contribution is 5.94. The van der Waals surface area contributed by atoms with Crippen LogP contribution in [0.2, 0.25) is 0 Å². The molecule has 1 aromatic carbocycles. The summed E-state index contributed by atoms with van der Waals surface area (Å²) in [7, 11) is 0. The number of amides is 3. The van der Waals surface area contributed by atoms with Gasteiger partial charge >= 0.3 is 12.0 Å². The third-order valence-electron chi connectivity index (χ3n) is 5.69. The Morgan fingerprint density at radius 2 is 1.39 bits per heavy atom. The summed E-state index contributed by atoms with van der Waals surface area (Å²) >= 11 is 0. The van der Waals surface area contributed by atoms with Gasteiger partial charge in [0, 0.05) is 30.4 Å². The highest BCUT2D eigenvalue weighted by Crippen LogP contribution is 2.30. The van der Waals surface area contributed by atoms with Crippen LogP contribution in [0.1, 0.15) is 51.4 Å². The zero-order valence-electron chi connectivity index (χ0n) is 16.2. The molecule has 3 rings (SSSR count). The van der Waals surface area contributed by atoms with Gasteiger partial charge in [-0.05, 0) is 56.4 Å². The lowest BCUT2D eigenvalue weighted by Gasteiger charge is -2.25. The number of hydrogen-bond acceptors (Lipinski definition) is 3. The maximum Gasteiger partial charge on any atom is 0.321 e. The highest BCUT2D eigenvalue weighted by atomic mass is 16.4. The quantitative estimate of drug-likeness (QED) is 0.729. The molecule has 0 bridgehead atoms. The van der Waals surface area contributed by atoms with Crippen molar-refractivity contribution in [2.24, 2.45) is 11.8 Å². The summed E-state index contributed by atoms with van der Waals surface area (Å²) in [5.41, 5.74) is 1.34. The Morgan fingerprint density at radius 3 is 2.00 bits per heavy atom. The first kappa shape index (κ1) is 20.2. The van der Waals surface area contributed by atoms with Gasteiger partial charge in [-0.1, -0.05) is 19.3 Å². The standard InChI is InChI=1S/C21H29N3O4/c25-19(15-6-5-7-16(14-15)20(26)27)22-17-8-10-18(11-9-17)23-21(28)24-12-3-1-2-4-13-24/h8-11,15-16H,1-7,12-14H2,(H,22,25)(H,23,28)(H,26,27). The van der Waals surface area contributed by atoms with E-state index in [1.807, 2.05) is 4.90 Å². The van der Waals surface area contributed by atoms with E-state index in [-0.39, 0.29) is 17.9 Å². The van der Waals surface area contributed by atoms with E-state index in [0.29, 0.717) is 24.2 Å². The molecule has 152 valence electrons. The summed E-state index contributed by atoms with van der Waals surface area (Å²) in [6.45, 7) is 1.58. The summed E-state index contributed by atoms with van der Waals surface area (Å²) in [6.07, 6.45) is 6.95. The maximum atomic E-state index is 12.5. The van der Waals surface area contributed by atoms with Crippen molar-refractivity contribution in [3.63, 3.8) is 0 Å². The molecular weight excluding hydrogens is 358 g/mol. The molecule has 2 aliphatic rings. The summed E-state index contributed by atoms with van der Waals surface area (Å²) in [6, 6.07) is 6.97. The molecule has 3 N–H and O–H groups in total. The van der Waals surface area contributed by atoms with Crippen molar-refractivity contribution in [1.29, 1.82) is 0 Å². The first-order valence-corrected chi connectivity index (χ1v) is 10.2. The molecule has 7 heteroatoms. The van der Waals surface area contributed by atoms with Crippen LogP contribution < -0.4 is 10.6 Å². The zero-order valence-corrected chi connectivity index (χ0v) is 16.2. The Balaban J connectivity index is 1.51. The van der Waals surface area contributed by atoms with Crippen LogP contribution in [-0.4, -0.2) is 41.0 Å². The number of benzene rings is 1. The lowest BCUT2D eigenvalue weighted by atomic mass is 9.81. The molecule has 0 aromatic heterocycles. The number of carboxylic acids is 1. The number of likely N-dealkylation sites (tertiary alicyclic amines) is 1. The maximum absolute atomic E-state index is 12.5. The van der Waals surface area contributed by atoms with E-state index < -0.39 is 11.9 Å². The Bertz CT molecular complexity index is 696. The Labute approximate surface area is 165 Å². The van der Waals surface area contributed by atoms with E-state index >= 15 is 0 Å². The number of carbonyl (C=O) groups is 3. The van der Waals surface area contributed by atoms with E-state index in [4.69, 9.17) is 0 Å². The monoisotopic (exact) mass is 387 g/mol. The highest BCUT2D eigenvalue weighted by Gasteiger charge is 2.31. The van der Waals surface area contributed by atoms with E-state index in [2.05, 4.69) is 10.6 Å². The minimum absolute atomic E-state index is 0.0828. The van der Waals surface area contributed by atoms with Crippen molar-refractivity contribution in [3.8, 4) is 0 Å². The number of urea groups is 1. The van der Waals surface area contributed by atoms with Crippen molar-refractivity contribution in [1.82, 2.24) is 4.90 Å². The van der Waals surface area contributed by atoms with Crippen LogP contribution in [0, 0.1) is 11.8 Å². The third kappa shape index (κ3) is 5.47. The Kier molecular flexibility index (Phi) is 6.90. The van der Waals surface area contributed by atoms with Crippen LogP contribution in [0.5, 0.6) is 0 Å². The van der Waals surface area contributed by atoms with Crippen molar-refractivity contribution in [2.45, 2.75) is 51.4 Å². The number of nitrogens with one attached hydrogen (secondary N) is 2. The molecule has 0 spiro atoms. The molecule has 1 saturated carbocycles. The summed E-state index contributed by atoms with van der Waals surface area (Å²) < 4.78 is 0. The van der Waals surface area contributed by atoms with Crippen molar-refractivity contribution >= 4 is 29.3 Å². The van der Waals surface area contributed by atoms with Gasteiger partial charge in [0.15, 0.2) is 0 Å². The first-order valence-electron chi connectivity index (χ1n) is 10.2. The topological polar surface area (TPSA) is 98.7 Å². The minimum Gasteiger partial charge on any atom is -0.481 e. The van der Waals surface area contributed by atoms with Gasteiger partial charge < -0.3 is 20.6 Å². The van der Waals surface area contributed by atoms with Gasteiger partial charge in [0.2, 0.25) is 5.91 Å². The van der Waals surface area contributed by atoms with E-state index in [1.165, 1.54) is 12.8 Å². The van der Waals surface area contributed by atoms with Gasteiger partial charge in [-0.15, -0.1) is 0 Å². The summed E-state index contributed by atoms with van der Waals surface area (Å²) in [5.74, 6) is -1.65. The van der Waals surface area contributed by atoms with Crippen LogP contribution in [0.3, 0.4) is 0 Å². The van der Waals surface area contributed by atoms with Crippen molar-refractivity contribution in [3.05, 3.63) is 24.3 Å². The lowest BCUT2D eigenvalue weighted by Crippen LogP contribution is -2.35. The van der Waals surface area contributed by atoms with E-state index in [1.54, 1.807) is 24.3 Å². The molecule has 0 radical (unpaired) electrons. The Hall–Kier alpha value is -2.57. The predicted molar refractivity (Wildman–Crippen MR) is 107 cm³/mol. The van der Waals surface area contributed by atoms with Crippen LogP contribution in [-0.2, 0) is 9.59 Å². The largest absolute Gasteiger partial charge is 0.481 e. The third-order valence-corrected chi connectivity index (χ3v) is 5.69. The van der Waals surface area contributed by atoms with Crippen LogP contribution >= 0.6 is 0 Å². The molecule has 1 aromatic rings. The number of anilines is 2. The minimum atomic E-state index is -0.818. The molecular formula is C21H29N3O4. The molecule has 1 heterocycles. The van der Waals surface area contributed by atoms with E-state index in [9.17, 15) is 19.5 Å². The molecule has 1 aliphatic carbocycles. The lowest BCUT2D eigenvalue weighted by molar-refractivity contribution is -0.143. The molecule has 1 saturated heterocycles. The van der Waals surface area contributed by atoms with Crippen molar-refractivity contribution in [2.75, 3.05) is 23.7 Å². The fraction of sp³-hybridized carbons (Fsp3) is 0.571. The molecule has 2 atom stereocenters. The van der Waals surface area contributed by atoms with Gasteiger partial charge in [-0.2, -0.15) is 0 Å². The second-order valence-corrected chi connectivity index (χ2v) is 7.80. The van der Waals surface area contributed by atoms with Gasteiger partial charge in [0.25, 0.3) is 0 Å². The SMILES string of the molecule is O=C(O)C1CCCC(C(=O)Nc2ccc(NC(=O)N3CCCCCC3)cc2)C1. The molecule has 2 unspecified atom stereocenters. The van der Waals surface area contributed by atoms with Gasteiger partial charge in [-0.3, -0.25) is 9.59 Å². The summed E-state index contributed by atoms with van der Waals surface area (Å²) in [4.78, 5) is 37.9. The van der Waals surface area contributed by atoms with Crippen LogP contribution in [0.25, 0.3) is 0 Å². The molecule has 2 fully saturated rings. The van der Waals surface area contributed by atoms with Crippen LogP contribution in [0.15, 0.2) is 24.3 Å². The molecule has 7 nitrogen and oxygen atoms in total. The average Bonchev–Trinajstić information content (AvgIpc) is 2.99.